The second kappa shape index (κ2) is 5.63. The standard InChI is InChI=1S/C16H24ClN/c1-4-10-18-15-11-13(16(15,3)5-2)12-8-6-7-9-14(12)17/h6-9,13,15,18H,4-5,10-11H2,1-3H3. The van der Waals surface area contributed by atoms with Crippen LogP contribution in [0, 0.1) is 5.41 Å². The lowest BCUT2D eigenvalue weighted by Gasteiger charge is -2.55. The van der Waals surface area contributed by atoms with E-state index in [2.05, 4.69) is 38.2 Å². The molecule has 0 aliphatic heterocycles. The Morgan fingerprint density at radius 3 is 2.67 bits per heavy atom. The topological polar surface area (TPSA) is 12.0 Å². The zero-order valence-corrected chi connectivity index (χ0v) is 12.4. The Hall–Kier alpha value is -0.530. The van der Waals surface area contributed by atoms with Crippen LogP contribution in [0.15, 0.2) is 24.3 Å². The highest BCUT2D eigenvalue weighted by molar-refractivity contribution is 6.31. The molecule has 1 aliphatic carbocycles. The van der Waals surface area contributed by atoms with E-state index in [1.807, 2.05) is 12.1 Å². The molecule has 1 aromatic carbocycles. The lowest BCUT2D eigenvalue weighted by molar-refractivity contribution is 0.0446. The van der Waals surface area contributed by atoms with Gasteiger partial charge in [0.05, 0.1) is 0 Å². The van der Waals surface area contributed by atoms with E-state index >= 15 is 0 Å². The highest BCUT2D eigenvalue weighted by Crippen LogP contribution is 2.56. The van der Waals surface area contributed by atoms with Gasteiger partial charge in [0.1, 0.15) is 0 Å². The summed E-state index contributed by atoms with van der Waals surface area (Å²) in [4.78, 5) is 0. The average molecular weight is 266 g/mol. The van der Waals surface area contributed by atoms with Gasteiger partial charge < -0.3 is 5.32 Å². The van der Waals surface area contributed by atoms with E-state index in [4.69, 9.17) is 11.6 Å². The van der Waals surface area contributed by atoms with Crippen LogP contribution in [0.4, 0.5) is 0 Å². The Labute approximate surface area is 116 Å². The largest absolute Gasteiger partial charge is 0.313 e. The van der Waals surface area contributed by atoms with Gasteiger partial charge in [0.25, 0.3) is 0 Å². The van der Waals surface area contributed by atoms with Crippen LogP contribution < -0.4 is 5.32 Å². The van der Waals surface area contributed by atoms with Crippen molar-refractivity contribution >= 4 is 11.6 Å². The Bertz CT molecular complexity index is 404. The molecule has 3 atom stereocenters. The fraction of sp³-hybridized carbons (Fsp3) is 0.625. The van der Waals surface area contributed by atoms with Crippen molar-refractivity contribution < 1.29 is 0 Å². The third-order valence-electron chi connectivity index (χ3n) is 4.75. The summed E-state index contributed by atoms with van der Waals surface area (Å²) in [6.07, 6.45) is 3.62. The summed E-state index contributed by atoms with van der Waals surface area (Å²) in [5, 5.41) is 4.61. The number of halogens is 1. The number of hydrogen-bond donors (Lipinski definition) is 1. The Morgan fingerprint density at radius 2 is 2.06 bits per heavy atom. The number of hydrogen-bond acceptors (Lipinski definition) is 1. The molecule has 0 heterocycles. The minimum atomic E-state index is 0.347. The van der Waals surface area contributed by atoms with E-state index in [9.17, 15) is 0 Å². The van der Waals surface area contributed by atoms with Crippen LogP contribution >= 0.6 is 11.6 Å². The smallest absolute Gasteiger partial charge is 0.0441 e. The first-order valence-corrected chi connectivity index (χ1v) is 7.49. The van der Waals surface area contributed by atoms with Crippen molar-refractivity contribution in [2.75, 3.05) is 6.54 Å². The van der Waals surface area contributed by atoms with E-state index in [-0.39, 0.29) is 0 Å². The monoisotopic (exact) mass is 265 g/mol. The molecule has 18 heavy (non-hydrogen) atoms. The first-order chi connectivity index (χ1) is 8.63. The normalized spacial score (nSPS) is 31.1. The fourth-order valence-electron chi connectivity index (χ4n) is 3.22. The van der Waals surface area contributed by atoms with Gasteiger partial charge in [0.2, 0.25) is 0 Å². The average Bonchev–Trinajstić information content (AvgIpc) is 2.38. The molecule has 2 heteroatoms. The minimum Gasteiger partial charge on any atom is -0.313 e. The molecule has 2 rings (SSSR count). The molecule has 1 N–H and O–H groups in total. The number of nitrogens with one attached hydrogen (secondary N) is 1. The quantitative estimate of drug-likeness (QED) is 0.820. The van der Waals surface area contributed by atoms with Crippen molar-refractivity contribution in [2.24, 2.45) is 5.41 Å². The van der Waals surface area contributed by atoms with Gasteiger partial charge in [-0.3, -0.25) is 0 Å². The van der Waals surface area contributed by atoms with Crippen LogP contribution in [0.5, 0.6) is 0 Å². The third-order valence-corrected chi connectivity index (χ3v) is 5.09. The first-order valence-electron chi connectivity index (χ1n) is 7.11. The molecule has 1 fully saturated rings. The third kappa shape index (κ3) is 2.31. The highest BCUT2D eigenvalue weighted by Gasteiger charge is 2.50. The maximum atomic E-state index is 6.35. The summed E-state index contributed by atoms with van der Waals surface area (Å²) in [6, 6.07) is 8.96. The van der Waals surface area contributed by atoms with Crippen LogP contribution in [0.3, 0.4) is 0 Å². The van der Waals surface area contributed by atoms with Gasteiger partial charge in [0.15, 0.2) is 0 Å². The molecule has 0 aromatic heterocycles. The van der Waals surface area contributed by atoms with Crippen molar-refractivity contribution in [3.8, 4) is 0 Å². The molecule has 0 radical (unpaired) electrons. The van der Waals surface area contributed by atoms with Gasteiger partial charge in [-0.15, -0.1) is 0 Å². The number of benzene rings is 1. The van der Waals surface area contributed by atoms with Crippen LogP contribution in [0.1, 0.15) is 51.5 Å². The van der Waals surface area contributed by atoms with Crippen LogP contribution in [0.25, 0.3) is 0 Å². The Morgan fingerprint density at radius 1 is 1.33 bits per heavy atom. The molecular weight excluding hydrogens is 242 g/mol. The number of rotatable bonds is 5. The van der Waals surface area contributed by atoms with Gasteiger partial charge in [0, 0.05) is 11.1 Å². The molecule has 0 amide bonds. The second-order valence-electron chi connectivity index (χ2n) is 5.68. The minimum absolute atomic E-state index is 0.347. The van der Waals surface area contributed by atoms with Gasteiger partial charge in [-0.2, -0.15) is 0 Å². The SMILES string of the molecule is CCCNC1CC(c2ccccc2Cl)C1(C)CC. The Kier molecular flexibility index (Phi) is 4.34. The molecule has 1 aliphatic rings. The first kappa shape index (κ1) is 13.9. The second-order valence-corrected chi connectivity index (χ2v) is 6.08. The van der Waals surface area contributed by atoms with E-state index < -0.39 is 0 Å². The molecule has 3 unspecified atom stereocenters. The molecule has 0 saturated heterocycles. The Balaban J connectivity index is 2.15. The zero-order chi connectivity index (χ0) is 13.2. The zero-order valence-electron chi connectivity index (χ0n) is 11.7. The van der Waals surface area contributed by atoms with E-state index in [0.717, 1.165) is 11.6 Å². The summed E-state index contributed by atoms with van der Waals surface area (Å²) in [7, 11) is 0. The van der Waals surface area contributed by atoms with Gasteiger partial charge in [-0.05, 0) is 48.8 Å². The maximum absolute atomic E-state index is 6.35. The molecular formula is C16H24ClN. The lowest BCUT2D eigenvalue weighted by atomic mass is 9.54. The van der Waals surface area contributed by atoms with E-state index in [1.165, 1.54) is 24.8 Å². The molecule has 1 aromatic rings. The predicted molar refractivity (Wildman–Crippen MR) is 79.3 cm³/mol. The van der Waals surface area contributed by atoms with Crippen LogP contribution in [-0.4, -0.2) is 12.6 Å². The van der Waals surface area contributed by atoms with Crippen molar-refractivity contribution in [1.29, 1.82) is 0 Å². The van der Waals surface area contributed by atoms with E-state index in [0.29, 0.717) is 17.4 Å². The fourth-order valence-corrected chi connectivity index (χ4v) is 3.49. The predicted octanol–water partition coefficient (Wildman–Crippen LogP) is 4.61. The van der Waals surface area contributed by atoms with Crippen molar-refractivity contribution in [3.05, 3.63) is 34.9 Å². The van der Waals surface area contributed by atoms with Gasteiger partial charge >= 0.3 is 0 Å². The molecule has 1 saturated carbocycles. The summed E-state index contributed by atoms with van der Waals surface area (Å²) in [5.41, 5.74) is 1.68. The van der Waals surface area contributed by atoms with Crippen molar-refractivity contribution in [1.82, 2.24) is 5.32 Å². The van der Waals surface area contributed by atoms with E-state index in [1.54, 1.807) is 0 Å². The van der Waals surface area contributed by atoms with Crippen molar-refractivity contribution in [2.45, 2.75) is 52.0 Å². The lowest BCUT2D eigenvalue weighted by Crippen LogP contribution is -2.56. The summed E-state index contributed by atoms with van der Waals surface area (Å²) >= 11 is 6.35. The molecule has 1 nitrogen and oxygen atoms in total. The summed E-state index contributed by atoms with van der Waals surface area (Å²) in [5.74, 6) is 0.602. The molecule has 100 valence electrons. The maximum Gasteiger partial charge on any atom is 0.0441 e. The van der Waals surface area contributed by atoms with Crippen LogP contribution in [0.2, 0.25) is 5.02 Å². The molecule has 0 bridgehead atoms. The van der Waals surface area contributed by atoms with Gasteiger partial charge in [-0.1, -0.05) is 50.6 Å². The summed E-state index contributed by atoms with van der Waals surface area (Å²) in [6.45, 7) is 8.04. The highest BCUT2D eigenvalue weighted by atomic mass is 35.5. The van der Waals surface area contributed by atoms with Crippen LogP contribution in [-0.2, 0) is 0 Å². The van der Waals surface area contributed by atoms with Gasteiger partial charge in [-0.25, -0.2) is 0 Å². The summed E-state index contributed by atoms with van der Waals surface area (Å²) < 4.78 is 0. The molecule has 0 spiro atoms. The van der Waals surface area contributed by atoms with Crippen molar-refractivity contribution in [3.63, 3.8) is 0 Å².